The Kier molecular flexibility index (Phi) is 5.74. The van der Waals surface area contributed by atoms with Crippen molar-refractivity contribution in [2.24, 2.45) is 5.92 Å². The highest BCUT2D eigenvalue weighted by Gasteiger charge is 2.45. The van der Waals surface area contributed by atoms with E-state index in [4.69, 9.17) is 16.3 Å². The van der Waals surface area contributed by atoms with Gasteiger partial charge in [0.05, 0.1) is 11.4 Å². The minimum Gasteiger partial charge on any atom is -0.487 e. The standard InChI is InChI=1S/C17H26ClNO/c1-4-11-19-12-15(17(19)16(18)13(3)5-2)20-14-9-7-6-8-10-14/h6-10,13,15-17H,4-5,11-12H2,1-3H3/t13-,15+,16-,17-/m0/s1. The first-order valence-electron chi connectivity index (χ1n) is 7.77. The molecule has 0 spiro atoms. The lowest BCUT2D eigenvalue weighted by molar-refractivity contribution is -0.0524. The van der Waals surface area contributed by atoms with Gasteiger partial charge in [0.15, 0.2) is 0 Å². The van der Waals surface area contributed by atoms with Gasteiger partial charge in [-0.25, -0.2) is 0 Å². The third kappa shape index (κ3) is 3.48. The number of hydrogen-bond donors (Lipinski definition) is 0. The molecule has 0 aromatic heterocycles. The summed E-state index contributed by atoms with van der Waals surface area (Å²) < 4.78 is 6.13. The number of para-hydroxylation sites is 1. The van der Waals surface area contributed by atoms with Crippen LogP contribution < -0.4 is 4.74 Å². The maximum atomic E-state index is 6.70. The normalized spacial score (nSPS) is 25.8. The van der Waals surface area contributed by atoms with E-state index in [-0.39, 0.29) is 11.5 Å². The molecule has 0 N–H and O–H groups in total. The number of hydrogen-bond acceptors (Lipinski definition) is 2. The predicted octanol–water partition coefficient (Wildman–Crippen LogP) is 4.18. The molecule has 0 amide bonds. The van der Waals surface area contributed by atoms with Crippen molar-refractivity contribution in [2.75, 3.05) is 13.1 Å². The van der Waals surface area contributed by atoms with Crippen molar-refractivity contribution >= 4 is 11.6 Å². The van der Waals surface area contributed by atoms with Crippen molar-refractivity contribution in [1.29, 1.82) is 0 Å². The van der Waals surface area contributed by atoms with Crippen molar-refractivity contribution in [3.63, 3.8) is 0 Å². The lowest BCUT2D eigenvalue weighted by Crippen LogP contribution is -2.66. The van der Waals surface area contributed by atoms with Crippen LogP contribution in [0.4, 0.5) is 0 Å². The van der Waals surface area contributed by atoms with Gasteiger partial charge in [-0.3, -0.25) is 4.90 Å². The summed E-state index contributed by atoms with van der Waals surface area (Å²) in [7, 11) is 0. The molecule has 1 heterocycles. The average Bonchev–Trinajstić information content (AvgIpc) is 2.46. The molecular formula is C17H26ClNO. The third-order valence-electron chi connectivity index (χ3n) is 4.27. The number of ether oxygens (including phenoxy) is 1. The van der Waals surface area contributed by atoms with Gasteiger partial charge in [-0.1, -0.05) is 45.4 Å². The Morgan fingerprint density at radius 2 is 2.00 bits per heavy atom. The molecule has 2 nitrogen and oxygen atoms in total. The molecule has 1 aromatic carbocycles. The Balaban J connectivity index is 2.01. The van der Waals surface area contributed by atoms with Gasteiger partial charge in [0.25, 0.3) is 0 Å². The second kappa shape index (κ2) is 7.33. The SMILES string of the molecule is CCCN1C[C@@H](Oc2ccccc2)[C@H]1[C@@H](Cl)[C@@H](C)CC. The maximum absolute atomic E-state index is 6.70. The van der Waals surface area contributed by atoms with Crippen LogP contribution in [0.1, 0.15) is 33.6 Å². The Labute approximate surface area is 128 Å². The number of benzene rings is 1. The van der Waals surface area contributed by atoms with E-state index in [1.807, 2.05) is 30.3 Å². The van der Waals surface area contributed by atoms with E-state index in [0.29, 0.717) is 12.0 Å². The summed E-state index contributed by atoms with van der Waals surface area (Å²) in [6, 6.07) is 10.4. The summed E-state index contributed by atoms with van der Waals surface area (Å²) in [5, 5.41) is 0.161. The molecule has 3 heteroatoms. The molecule has 1 saturated heterocycles. The molecule has 1 aliphatic rings. The predicted molar refractivity (Wildman–Crippen MR) is 85.6 cm³/mol. The Bertz CT molecular complexity index is 397. The zero-order valence-corrected chi connectivity index (χ0v) is 13.5. The van der Waals surface area contributed by atoms with Crippen molar-refractivity contribution in [3.8, 4) is 5.75 Å². The Morgan fingerprint density at radius 1 is 1.30 bits per heavy atom. The van der Waals surface area contributed by atoms with Crippen LogP contribution >= 0.6 is 11.6 Å². The first-order chi connectivity index (χ1) is 9.67. The van der Waals surface area contributed by atoms with E-state index in [9.17, 15) is 0 Å². The van der Waals surface area contributed by atoms with E-state index in [1.54, 1.807) is 0 Å². The summed E-state index contributed by atoms with van der Waals surface area (Å²) in [5.74, 6) is 1.47. The second-order valence-corrected chi connectivity index (χ2v) is 6.29. The molecule has 1 fully saturated rings. The van der Waals surface area contributed by atoms with E-state index in [2.05, 4.69) is 25.7 Å². The average molecular weight is 296 g/mol. The zero-order valence-electron chi connectivity index (χ0n) is 12.8. The van der Waals surface area contributed by atoms with Crippen molar-refractivity contribution in [2.45, 2.75) is 51.1 Å². The number of nitrogens with zero attached hydrogens (tertiary/aromatic N) is 1. The van der Waals surface area contributed by atoms with Crippen molar-refractivity contribution in [1.82, 2.24) is 4.90 Å². The van der Waals surface area contributed by atoms with Gasteiger partial charge in [-0.15, -0.1) is 11.6 Å². The molecular weight excluding hydrogens is 270 g/mol. The summed E-state index contributed by atoms with van der Waals surface area (Å²) >= 11 is 6.70. The molecule has 4 atom stereocenters. The highest BCUT2D eigenvalue weighted by atomic mass is 35.5. The summed E-state index contributed by atoms with van der Waals surface area (Å²) in [6.07, 6.45) is 2.50. The van der Waals surface area contributed by atoms with E-state index < -0.39 is 0 Å². The van der Waals surface area contributed by atoms with Crippen LogP contribution in [-0.2, 0) is 0 Å². The van der Waals surface area contributed by atoms with Gasteiger partial charge in [0.1, 0.15) is 11.9 Å². The Morgan fingerprint density at radius 3 is 2.60 bits per heavy atom. The molecule has 0 radical (unpaired) electrons. The molecule has 112 valence electrons. The summed E-state index contributed by atoms with van der Waals surface area (Å²) in [4.78, 5) is 2.47. The molecule has 2 rings (SSSR count). The van der Waals surface area contributed by atoms with Crippen molar-refractivity contribution < 1.29 is 4.74 Å². The van der Waals surface area contributed by atoms with Crippen LogP contribution in [0.25, 0.3) is 0 Å². The van der Waals surface area contributed by atoms with Gasteiger partial charge >= 0.3 is 0 Å². The van der Waals surface area contributed by atoms with Crippen LogP contribution in [-0.4, -0.2) is 35.5 Å². The van der Waals surface area contributed by atoms with Crippen LogP contribution in [0.3, 0.4) is 0 Å². The first-order valence-corrected chi connectivity index (χ1v) is 8.20. The fourth-order valence-electron chi connectivity index (χ4n) is 2.83. The molecule has 0 bridgehead atoms. The zero-order chi connectivity index (χ0) is 14.5. The van der Waals surface area contributed by atoms with Gasteiger partial charge < -0.3 is 4.74 Å². The fourth-order valence-corrected chi connectivity index (χ4v) is 3.33. The van der Waals surface area contributed by atoms with E-state index >= 15 is 0 Å². The molecule has 0 saturated carbocycles. The van der Waals surface area contributed by atoms with Gasteiger partial charge in [-0.2, -0.15) is 0 Å². The Hall–Kier alpha value is -0.730. The quantitative estimate of drug-likeness (QED) is 0.700. The number of likely N-dealkylation sites (tertiary alicyclic amines) is 1. The number of alkyl halides is 1. The summed E-state index contributed by atoms with van der Waals surface area (Å²) in [5.41, 5.74) is 0. The largest absolute Gasteiger partial charge is 0.487 e. The summed E-state index contributed by atoms with van der Waals surface area (Å²) in [6.45, 7) is 8.76. The number of rotatable bonds is 7. The first kappa shape index (κ1) is 15.7. The third-order valence-corrected chi connectivity index (χ3v) is 4.96. The number of halogens is 1. The second-order valence-electron chi connectivity index (χ2n) is 5.78. The maximum Gasteiger partial charge on any atom is 0.128 e. The van der Waals surface area contributed by atoms with Crippen molar-refractivity contribution in [3.05, 3.63) is 30.3 Å². The minimum atomic E-state index is 0.161. The fraction of sp³-hybridized carbons (Fsp3) is 0.647. The molecule has 0 unspecified atom stereocenters. The van der Waals surface area contributed by atoms with Gasteiger partial charge in [0.2, 0.25) is 0 Å². The van der Waals surface area contributed by atoms with E-state index in [1.165, 1.54) is 6.42 Å². The highest BCUT2D eigenvalue weighted by molar-refractivity contribution is 6.21. The smallest absolute Gasteiger partial charge is 0.128 e. The lowest BCUT2D eigenvalue weighted by atomic mass is 9.88. The highest BCUT2D eigenvalue weighted by Crippen LogP contribution is 2.33. The van der Waals surface area contributed by atoms with Crippen LogP contribution in [0, 0.1) is 5.92 Å². The lowest BCUT2D eigenvalue weighted by Gasteiger charge is -2.50. The molecule has 1 aromatic rings. The molecule has 20 heavy (non-hydrogen) atoms. The van der Waals surface area contributed by atoms with Crippen LogP contribution in [0.2, 0.25) is 0 Å². The molecule has 1 aliphatic heterocycles. The monoisotopic (exact) mass is 295 g/mol. The van der Waals surface area contributed by atoms with Crippen LogP contribution in [0.15, 0.2) is 30.3 Å². The molecule has 0 aliphatic carbocycles. The minimum absolute atomic E-state index is 0.161. The van der Waals surface area contributed by atoms with Crippen LogP contribution in [0.5, 0.6) is 5.75 Å². The van der Waals surface area contributed by atoms with Gasteiger partial charge in [-0.05, 0) is 31.0 Å². The topological polar surface area (TPSA) is 12.5 Å². The van der Waals surface area contributed by atoms with E-state index in [0.717, 1.165) is 25.3 Å². The van der Waals surface area contributed by atoms with Gasteiger partial charge in [0, 0.05) is 6.54 Å².